The van der Waals surface area contributed by atoms with E-state index < -0.39 is 23.3 Å². The van der Waals surface area contributed by atoms with Crippen LogP contribution in [0.25, 0.3) is 5.82 Å². The lowest BCUT2D eigenvalue weighted by Gasteiger charge is -2.33. The first-order chi connectivity index (χ1) is 16.1. The van der Waals surface area contributed by atoms with Crippen LogP contribution < -0.4 is 4.90 Å². The summed E-state index contributed by atoms with van der Waals surface area (Å²) in [7, 11) is 1.47. The fraction of sp³-hybridized carbons (Fsp3) is 0.409. The molecular weight excluding hydrogens is 454 g/mol. The molecule has 0 radical (unpaired) electrons. The van der Waals surface area contributed by atoms with E-state index in [1.165, 1.54) is 16.6 Å². The summed E-state index contributed by atoms with van der Waals surface area (Å²) in [4.78, 5) is 28.5. The number of amides is 1. The van der Waals surface area contributed by atoms with E-state index in [1.54, 1.807) is 13.8 Å². The van der Waals surface area contributed by atoms with Crippen LogP contribution in [0.1, 0.15) is 30.1 Å². The maximum Gasteiger partial charge on any atom is 0.227 e. The van der Waals surface area contributed by atoms with Crippen molar-refractivity contribution in [1.82, 2.24) is 29.6 Å². The van der Waals surface area contributed by atoms with Gasteiger partial charge in [-0.15, -0.1) is 5.10 Å². The van der Waals surface area contributed by atoms with Gasteiger partial charge in [-0.05, 0) is 32.8 Å². The molecule has 2 aromatic heterocycles. The van der Waals surface area contributed by atoms with Crippen molar-refractivity contribution in [3.8, 4) is 5.82 Å². The van der Waals surface area contributed by atoms with E-state index in [0.717, 1.165) is 12.3 Å². The number of aromatic nitrogens is 5. The van der Waals surface area contributed by atoms with Crippen molar-refractivity contribution >= 4 is 11.9 Å². The van der Waals surface area contributed by atoms with Gasteiger partial charge in [-0.25, -0.2) is 27.5 Å². The highest BCUT2D eigenvalue weighted by Gasteiger charge is 2.29. The van der Waals surface area contributed by atoms with Gasteiger partial charge >= 0.3 is 0 Å². The number of piperidine rings is 1. The van der Waals surface area contributed by atoms with Crippen molar-refractivity contribution in [1.29, 1.82) is 0 Å². The van der Waals surface area contributed by atoms with Gasteiger partial charge in [0.15, 0.2) is 23.3 Å². The third-order valence-corrected chi connectivity index (χ3v) is 5.77. The third kappa shape index (κ3) is 4.70. The molecule has 3 aromatic rings. The monoisotopic (exact) mass is 477 g/mol. The molecule has 1 aliphatic rings. The zero-order valence-corrected chi connectivity index (χ0v) is 18.9. The Kier molecular flexibility index (Phi) is 6.49. The number of carbonyl (C=O) groups is 1. The van der Waals surface area contributed by atoms with Crippen molar-refractivity contribution in [2.24, 2.45) is 5.92 Å². The van der Waals surface area contributed by atoms with Crippen LogP contribution in [0.15, 0.2) is 18.3 Å². The average molecular weight is 477 g/mol. The van der Waals surface area contributed by atoms with Crippen LogP contribution in [0.4, 0.5) is 23.5 Å². The predicted molar refractivity (Wildman–Crippen MR) is 114 cm³/mol. The predicted octanol–water partition coefficient (Wildman–Crippen LogP) is 3.11. The minimum Gasteiger partial charge on any atom is -0.341 e. The fourth-order valence-electron chi connectivity index (χ4n) is 4.07. The summed E-state index contributed by atoms with van der Waals surface area (Å²) in [5.41, 5.74) is -0.225. The highest BCUT2D eigenvalue weighted by Crippen LogP contribution is 2.25. The number of aryl methyl sites for hydroxylation is 2. The van der Waals surface area contributed by atoms with E-state index in [4.69, 9.17) is 0 Å². The SMILES string of the molecule is Cc1nc(C)n(-c2nc(N3CCC(C(=O)N(C)Cc4cc(F)cc(F)c4F)CC3)ncc2F)n1. The van der Waals surface area contributed by atoms with Gasteiger partial charge in [-0.3, -0.25) is 4.79 Å². The van der Waals surface area contributed by atoms with Gasteiger partial charge in [0.1, 0.15) is 17.5 Å². The van der Waals surface area contributed by atoms with Crippen molar-refractivity contribution in [3.05, 3.63) is 58.8 Å². The zero-order chi connectivity index (χ0) is 24.6. The number of rotatable bonds is 5. The second-order valence-electron chi connectivity index (χ2n) is 8.28. The summed E-state index contributed by atoms with van der Waals surface area (Å²) in [6.45, 7) is 4.02. The van der Waals surface area contributed by atoms with Crippen molar-refractivity contribution in [2.75, 3.05) is 25.0 Å². The molecule has 0 saturated carbocycles. The van der Waals surface area contributed by atoms with E-state index >= 15 is 0 Å². The van der Waals surface area contributed by atoms with Crippen LogP contribution in [0.5, 0.6) is 0 Å². The van der Waals surface area contributed by atoms with E-state index in [2.05, 4.69) is 20.1 Å². The molecule has 12 heteroatoms. The summed E-state index contributed by atoms with van der Waals surface area (Å²) in [6, 6.07) is 1.34. The summed E-state index contributed by atoms with van der Waals surface area (Å²) in [6.07, 6.45) is 1.99. The Morgan fingerprint density at radius 3 is 2.44 bits per heavy atom. The molecule has 0 bridgehead atoms. The molecule has 1 amide bonds. The Bertz CT molecular complexity index is 1220. The zero-order valence-electron chi connectivity index (χ0n) is 18.9. The molecule has 0 atom stereocenters. The van der Waals surface area contributed by atoms with Crippen LogP contribution in [-0.2, 0) is 11.3 Å². The Hall–Kier alpha value is -3.57. The Balaban J connectivity index is 1.42. The highest BCUT2D eigenvalue weighted by atomic mass is 19.2. The number of halogens is 4. The van der Waals surface area contributed by atoms with E-state index in [0.29, 0.717) is 49.6 Å². The van der Waals surface area contributed by atoms with Crippen molar-refractivity contribution < 1.29 is 22.4 Å². The second-order valence-corrected chi connectivity index (χ2v) is 8.28. The molecule has 1 aliphatic heterocycles. The van der Waals surface area contributed by atoms with Gasteiger partial charge in [0.2, 0.25) is 11.9 Å². The molecule has 34 heavy (non-hydrogen) atoms. The number of hydrogen-bond acceptors (Lipinski definition) is 6. The minimum absolute atomic E-state index is 0.00890. The van der Waals surface area contributed by atoms with Gasteiger partial charge in [-0.2, -0.15) is 9.67 Å². The average Bonchev–Trinajstić information content (AvgIpc) is 3.14. The molecule has 0 unspecified atom stereocenters. The summed E-state index contributed by atoms with van der Waals surface area (Å²) in [5.74, 6) is -3.34. The van der Waals surface area contributed by atoms with Crippen molar-refractivity contribution in [2.45, 2.75) is 33.2 Å². The fourth-order valence-corrected chi connectivity index (χ4v) is 4.07. The van der Waals surface area contributed by atoms with Crippen LogP contribution in [0, 0.1) is 43.0 Å². The van der Waals surface area contributed by atoms with E-state index in [9.17, 15) is 22.4 Å². The lowest BCUT2D eigenvalue weighted by atomic mass is 9.95. The van der Waals surface area contributed by atoms with Gasteiger partial charge in [0.05, 0.1) is 6.20 Å². The molecular formula is C22H23F4N7O. The third-order valence-electron chi connectivity index (χ3n) is 5.77. The lowest BCUT2D eigenvalue weighted by Crippen LogP contribution is -2.41. The second kappa shape index (κ2) is 9.35. The first-order valence-corrected chi connectivity index (χ1v) is 10.7. The molecule has 1 aromatic carbocycles. The van der Waals surface area contributed by atoms with Crippen molar-refractivity contribution in [3.63, 3.8) is 0 Å². The number of hydrogen-bond donors (Lipinski definition) is 0. The molecule has 180 valence electrons. The van der Waals surface area contributed by atoms with Crippen LogP contribution >= 0.6 is 0 Å². The quantitative estimate of drug-likeness (QED) is 0.415. The molecule has 4 rings (SSSR count). The van der Waals surface area contributed by atoms with E-state index in [-0.39, 0.29) is 29.8 Å². The maximum atomic E-state index is 14.4. The topological polar surface area (TPSA) is 80.0 Å². The number of benzene rings is 1. The summed E-state index contributed by atoms with van der Waals surface area (Å²) in [5, 5.41) is 4.17. The van der Waals surface area contributed by atoms with Crippen LogP contribution in [-0.4, -0.2) is 55.7 Å². The molecule has 0 aliphatic carbocycles. The van der Waals surface area contributed by atoms with Gasteiger partial charge in [0.25, 0.3) is 0 Å². The number of anilines is 1. The smallest absolute Gasteiger partial charge is 0.227 e. The minimum atomic E-state index is -1.29. The number of nitrogens with zero attached hydrogens (tertiary/aromatic N) is 7. The largest absolute Gasteiger partial charge is 0.341 e. The molecule has 1 saturated heterocycles. The summed E-state index contributed by atoms with van der Waals surface area (Å²) >= 11 is 0. The van der Waals surface area contributed by atoms with Gasteiger partial charge < -0.3 is 9.80 Å². The molecule has 0 N–H and O–H groups in total. The molecule has 3 heterocycles. The van der Waals surface area contributed by atoms with Gasteiger partial charge in [-0.1, -0.05) is 0 Å². The first-order valence-electron chi connectivity index (χ1n) is 10.7. The first kappa shape index (κ1) is 23.6. The van der Waals surface area contributed by atoms with Crippen LogP contribution in [0.3, 0.4) is 0 Å². The highest BCUT2D eigenvalue weighted by molar-refractivity contribution is 5.79. The van der Waals surface area contributed by atoms with Crippen LogP contribution in [0.2, 0.25) is 0 Å². The molecule has 1 fully saturated rings. The maximum absolute atomic E-state index is 14.4. The Morgan fingerprint density at radius 1 is 1.09 bits per heavy atom. The lowest BCUT2D eigenvalue weighted by molar-refractivity contribution is -0.135. The van der Waals surface area contributed by atoms with E-state index in [1.807, 2.05) is 4.90 Å². The molecule has 0 spiro atoms. The normalized spacial score (nSPS) is 14.5. The summed E-state index contributed by atoms with van der Waals surface area (Å²) < 4.78 is 56.6. The Morgan fingerprint density at radius 2 is 1.79 bits per heavy atom. The standard InChI is InChI=1S/C22H23F4N7O/c1-12-28-13(2)33(30-12)20-18(25)10-27-22(29-20)32-6-4-14(5-7-32)21(34)31(3)11-15-8-16(23)9-17(24)19(15)26/h8-10,14H,4-7,11H2,1-3H3. The molecule has 8 nitrogen and oxygen atoms in total. The number of carbonyl (C=O) groups excluding carboxylic acids is 1. The Labute approximate surface area is 193 Å². The van der Waals surface area contributed by atoms with Gasteiger partial charge in [0, 0.05) is 44.2 Å².